The average molecular weight is 516 g/mol. The average Bonchev–Trinajstić information content (AvgIpc) is 3.41. The Morgan fingerprint density at radius 1 is 1.03 bits per heavy atom. The summed E-state index contributed by atoms with van der Waals surface area (Å²) in [6.07, 6.45) is 14.2. The number of hydrogen-bond acceptors (Lipinski definition) is 3. The van der Waals surface area contributed by atoms with Crippen molar-refractivity contribution in [1.29, 1.82) is 0 Å². The molecule has 0 unspecified atom stereocenters. The number of rotatable bonds is 12. The molecule has 2 fully saturated rings. The zero-order valence-electron chi connectivity index (χ0n) is 23.5. The molecule has 0 aliphatic carbocycles. The topological polar surface area (TPSA) is 46.5 Å². The second-order valence-electron chi connectivity index (χ2n) is 11.6. The van der Waals surface area contributed by atoms with Gasteiger partial charge in [-0.3, -0.25) is 9.69 Å². The van der Waals surface area contributed by atoms with Gasteiger partial charge in [0.2, 0.25) is 0 Å². The van der Waals surface area contributed by atoms with Crippen LogP contribution in [0.2, 0.25) is 0 Å². The third-order valence-electron chi connectivity index (χ3n) is 8.87. The van der Waals surface area contributed by atoms with Gasteiger partial charge in [-0.25, -0.2) is 0 Å². The van der Waals surface area contributed by atoms with E-state index in [2.05, 4.69) is 46.8 Å². The minimum absolute atomic E-state index is 0.0355. The van der Waals surface area contributed by atoms with Crippen LogP contribution in [0.1, 0.15) is 86.2 Å². The molecule has 5 heteroatoms. The van der Waals surface area contributed by atoms with Gasteiger partial charge in [-0.1, -0.05) is 74.6 Å². The van der Waals surface area contributed by atoms with Gasteiger partial charge in [-0.15, -0.1) is 0 Å². The molecule has 2 aromatic carbocycles. The highest BCUT2D eigenvalue weighted by molar-refractivity contribution is 6.08. The normalized spacial score (nSPS) is 21.2. The van der Waals surface area contributed by atoms with Crippen LogP contribution in [0.3, 0.4) is 0 Å². The summed E-state index contributed by atoms with van der Waals surface area (Å²) in [5.74, 6) is 1.73. The summed E-state index contributed by atoms with van der Waals surface area (Å²) < 4.78 is 7.98. The maximum absolute atomic E-state index is 13.3. The number of ether oxygens (including phenoxy) is 1. The molecule has 3 heterocycles. The maximum atomic E-state index is 13.3. The molecule has 5 rings (SSSR count). The lowest BCUT2D eigenvalue weighted by atomic mass is 9.86. The van der Waals surface area contributed by atoms with Gasteiger partial charge in [0.25, 0.3) is 5.91 Å². The molecule has 204 valence electrons. The molecule has 5 nitrogen and oxygen atoms in total. The van der Waals surface area contributed by atoms with Crippen LogP contribution in [0.5, 0.6) is 5.75 Å². The van der Waals surface area contributed by atoms with Gasteiger partial charge in [0, 0.05) is 43.3 Å². The summed E-state index contributed by atoms with van der Waals surface area (Å²) in [7, 11) is 1.71. The zero-order valence-corrected chi connectivity index (χ0v) is 23.5. The lowest BCUT2D eigenvalue weighted by molar-refractivity contribution is 0.0952. The third-order valence-corrected chi connectivity index (χ3v) is 8.87. The number of nitrogens with zero attached hydrogens (tertiary/aromatic N) is 2. The van der Waals surface area contributed by atoms with E-state index in [0.29, 0.717) is 6.54 Å². The molecule has 1 aromatic heterocycles. The van der Waals surface area contributed by atoms with Crippen LogP contribution in [0, 0.1) is 12.8 Å². The van der Waals surface area contributed by atoms with Crippen LogP contribution < -0.4 is 10.1 Å². The summed E-state index contributed by atoms with van der Waals surface area (Å²) in [5.41, 5.74) is 4.06. The Kier molecular flexibility index (Phi) is 8.73. The molecule has 2 aliphatic rings. The molecule has 38 heavy (non-hydrogen) atoms. The minimum Gasteiger partial charge on any atom is -0.495 e. The maximum Gasteiger partial charge on any atom is 0.253 e. The number of para-hydroxylation sites is 1. The number of amides is 1. The Balaban J connectivity index is 1.24. The Morgan fingerprint density at radius 3 is 2.55 bits per heavy atom. The van der Waals surface area contributed by atoms with Crippen LogP contribution in [0.25, 0.3) is 10.9 Å². The second kappa shape index (κ2) is 12.4. The number of carbonyl (C=O) groups is 1. The van der Waals surface area contributed by atoms with Crippen molar-refractivity contribution in [2.75, 3.05) is 13.7 Å². The molecule has 0 saturated carbocycles. The highest BCUT2D eigenvalue weighted by Crippen LogP contribution is 2.40. The highest BCUT2D eigenvalue weighted by atomic mass is 16.5. The number of hydrogen-bond donors (Lipinski definition) is 1. The number of aromatic nitrogens is 1. The van der Waals surface area contributed by atoms with Gasteiger partial charge in [0.1, 0.15) is 5.75 Å². The van der Waals surface area contributed by atoms with E-state index in [1.807, 2.05) is 30.5 Å². The Bertz CT molecular complexity index is 1220. The molecule has 1 amide bonds. The fraction of sp³-hybridized carbons (Fsp3) is 0.545. The largest absolute Gasteiger partial charge is 0.495 e. The fourth-order valence-corrected chi connectivity index (χ4v) is 7.04. The van der Waals surface area contributed by atoms with Crippen molar-refractivity contribution in [1.82, 2.24) is 14.8 Å². The summed E-state index contributed by atoms with van der Waals surface area (Å²) >= 11 is 0. The smallest absolute Gasteiger partial charge is 0.253 e. The molecule has 2 aliphatic heterocycles. The summed E-state index contributed by atoms with van der Waals surface area (Å²) in [6.45, 7) is 6.93. The molecule has 0 spiro atoms. The fourth-order valence-electron chi connectivity index (χ4n) is 7.04. The number of piperidine rings is 1. The van der Waals surface area contributed by atoms with Gasteiger partial charge in [0.15, 0.2) is 0 Å². The molecule has 0 radical (unpaired) electrons. The van der Waals surface area contributed by atoms with E-state index >= 15 is 0 Å². The van der Waals surface area contributed by atoms with Crippen molar-refractivity contribution in [2.24, 2.45) is 5.92 Å². The lowest BCUT2D eigenvalue weighted by Crippen LogP contribution is -2.43. The summed E-state index contributed by atoms with van der Waals surface area (Å²) in [6, 6.07) is 15.9. The van der Waals surface area contributed by atoms with Crippen LogP contribution in [-0.2, 0) is 13.1 Å². The second-order valence-corrected chi connectivity index (χ2v) is 11.6. The minimum atomic E-state index is -0.0355. The van der Waals surface area contributed by atoms with Gasteiger partial charge < -0.3 is 14.6 Å². The number of nitrogens with one attached hydrogen (secondary N) is 1. The zero-order chi connectivity index (χ0) is 26.5. The third kappa shape index (κ3) is 5.93. The van der Waals surface area contributed by atoms with E-state index in [4.69, 9.17) is 4.74 Å². The number of benzene rings is 2. The summed E-state index contributed by atoms with van der Waals surface area (Å²) in [4.78, 5) is 16.1. The number of fused-ring (bicyclic) bond motifs is 3. The predicted molar refractivity (Wildman–Crippen MR) is 156 cm³/mol. The van der Waals surface area contributed by atoms with E-state index < -0.39 is 0 Å². The first kappa shape index (κ1) is 26.8. The van der Waals surface area contributed by atoms with E-state index in [-0.39, 0.29) is 5.91 Å². The monoisotopic (exact) mass is 515 g/mol. The Labute approximate surface area is 228 Å². The molecular weight excluding hydrogens is 470 g/mol. The van der Waals surface area contributed by atoms with Crippen LogP contribution in [0.4, 0.5) is 0 Å². The van der Waals surface area contributed by atoms with E-state index in [1.165, 1.54) is 56.9 Å². The molecule has 2 saturated heterocycles. The molecule has 2 bridgehead atoms. The highest BCUT2D eigenvalue weighted by Gasteiger charge is 2.39. The molecule has 3 aromatic rings. The molecule has 1 N–H and O–H groups in total. The van der Waals surface area contributed by atoms with Gasteiger partial charge in [-0.05, 0) is 56.6 Å². The Hall–Kier alpha value is -2.79. The molecule has 3 atom stereocenters. The lowest BCUT2D eigenvalue weighted by Gasteiger charge is -2.39. The van der Waals surface area contributed by atoms with E-state index in [1.54, 1.807) is 7.11 Å². The first-order valence-corrected chi connectivity index (χ1v) is 14.8. The van der Waals surface area contributed by atoms with Crippen LogP contribution in [0.15, 0.2) is 48.7 Å². The number of methoxy groups -OCH3 is 1. The molecular formula is C33H45N3O2. The number of unbranched alkanes of at least 4 members (excludes halogenated alkanes) is 2. The Morgan fingerprint density at radius 2 is 1.82 bits per heavy atom. The van der Waals surface area contributed by atoms with Crippen LogP contribution in [-0.4, -0.2) is 41.1 Å². The van der Waals surface area contributed by atoms with Crippen molar-refractivity contribution in [3.8, 4) is 5.75 Å². The SMILES string of the molecule is CCCCC[C@H]1C[C@H]2CC[C@@H](C1)N2CCCn1cc(C(=O)NCc2cccc(C)c2)c2cccc(OC)c21. The van der Waals surface area contributed by atoms with Gasteiger partial charge >= 0.3 is 0 Å². The number of carbonyl (C=O) groups excluding carboxylic acids is 1. The van der Waals surface area contributed by atoms with E-state index in [9.17, 15) is 4.79 Å². The van der Waals surface area contributed by atoms with Crippen molar-refractivity contribution >= 4 is 16.8 Å². The van der Waals surface area contributed by atoms with Crippen molar-refractivity contribution < 1.29 is 9.53 Å². The van der Waals surface area contributed by atoms with Gasteiger partial charge in [-0.2, -0.15) is 0 Å². The van der Waals surface area contributed by atoms with Crippen molar-refractivity contribution in [3.63, 3.8) is 0 Å². The van der Waals surface area contributed by atoms with Gasteiger partial charge in [0.05, 0.1) is 18.2 Å². The van der Waals surface area contributed by atoms with Crippen molar-refractivity contribution in [2.45, 2.75) is 96.8 Å². The van der Waals surface area contributed by atoms with Crippen LogP contribution >= 0.6 is 0 Å². The quantitative estimate of drug-likeness (QED) is 0.262. The predicted octanol–water partition coefficient (Wildman–Crippen LogP) is 7.10. The van der Waals surface area contributed by atoms with Crippen molar-refractivity contribution in [3.05, 3.63) is 65.4 Å². The number of aryl methyl sites for hydroxylation is 2. The van der Waals surface area contributed by atoms with E-state index in [0.717, 1.165) is 65.3 Å². The first-order valence-electron chi connectivity index (χ1n) is 14.8. The summed E-state index contributed by atoms with van der Waals surface area (Å²) in [5, 5.41) is 4.09. The standard InChI is InChI=1S/C33H45N3O2/c1-4-5-6-11-25-20-27-15-16-28(21-25)36(27)18-9-17-35-23-30(29-13-8-14-31(38-3)32(29)35)33(37)34-22-26-12-7-10-24(2)19-26/h7-8,10,12-14,19,23,25,27-28H,4-6,9,11,15-18,20-22H2,1-3H3,(H,34,37)/t25-,27+,28-. The first-order chi connectivity index (χ1) is 18.6.